The van der Waals surface area contributed by atoms with E-state index in [0.29, 0.717) is 68.0 Å². The summed E-state index contributed by atoms with van der Waals surface area (Å²) in [5.74, 6) is -1.95. The number of hydrogen-bond donors (Lipinski definition) is 2. The summed E-state index contributed by atoms with van der Waals surface area (Å²) in [5.41, 5.74) is 0.770. The van der Waals surface area contributed by atoms with Crippen LogP contribution in [0.3, 0.4) is 0 Å². The summed E-state index contributed by atoms with van der Waals surface area (Å²) in [6, 6.07) is 11.9. The van der Waals surface area contributed by atoms with E-state index in [2.05, 4.69) is 22.2 Å². The Morgan fingerprint density at radius 2 is 1.64 bits per heavy atom. The SMILES string of the molecule is C=C1CCC(N2C(=O)c3ccc(OCCOCCOCC4CCC(n5c(NC(=O)c6cccc(C(F)(F)F)c6)nc6cc(F)ccc65)CC4)cc3C2=O)C(=O)N1. The Bertz CT molecular complexity index is 2180. The van der Waals surface area contributed by atoms with Gasteiger partial charge in [-0.15, -0.1) is 0 Å². The van der Waals surface area contributed by atoms with Crippen LogP contribution in [-0.4, -0.2) is 77.2 Å². The maximum absolute atomic E-state index is 14.1. The Morgan fingerprint density at radius 1 is 0.893 bits per heavy atom. The predicted octanol–water partition coefficient (Wildman–Crippen LogP) is 6.68. The first-order valence-electron chi connectivity index (χ1n) is 18.3. The van der Waals surface area contributed by atoms with Gasteiger partial charge >= 0.3 is 6.18 Å². The molecule has 294 valence electrons. The van der Waals surface area contributed by atoms with Crippen molar-refractivity contribution in [1.29, 1.82) is 0 Å². The average Bonchev–Trinajstić information content (AvgIpc) is 3.64. The third-order valence-electron chi connectivity index (χ3n) is 10.3. The van der Waals surface area contributed by atoms with Crippen molar-refractivity contribution >= 4 is 40.6 Å². The Labute approximate surface area is 318 Å². The summed E-state index contributed by atoms with van der Waals surface area (Å²) < 4.78 is 73.0. The van der Waals surface area contributed by atoms with Gasteiger partial charge in [0, 0.05) is 30.0 Å². The van der Waals surface area contributed by atoms with Gasteiger partial charge in [-0.3, -0.25) is 29.4 Å². The lowest BCUT2D eigenvalue weighted by atomic mass is 9.86. The summed E-state index contributed by atoms with van der Waals surface area (Å²) in [7, 11) is 0. The normalized spacial score (nSPS) is 20.0. The van der Waals surface area contributed by atoms with Gasteiger partial charge in [-0.05, 0) is 93.0 Å². The lowest BCUT2D eigenvalue weighted by Crippen LogP contribution is -2.51. The number of piperidine rings is 1. The van der Waals surface area contributed by atoms with Crippen LogP contribution < -0.4 is 15.4 Å². The number of anilines is 1. The minimum atomic E-state index is -4.61. The van der Waals surface area contributed by atoms with Crippen molar-refractivity contribution < 1.29 is 51.0 Å². The van der Waals surface area contributed by atoms with E-state index in [-0.39, 0.29) is 47.8 Å². The van der Waals surface area contributed by atoms with Crippen molar-refractivity contribution in [3.8, 4) is 5.75 Å². The van der Waals surface area contributed by atoms with Gasteiger partial charge in [-0.25, -0.2) is 9.37 Å². The number of nitrogens with zero attached hydrogens (tertiary/aromatic N) is 3. The van der Waals surface area contributed by atoms with Gasteiger partial charge in [-0.1, -0.05) is 12.6 Å². The van der Waals surface area contributed by atoms with Crippen LogP contribution in [0.2, 0.25) is 0 Å². The molecule has 2 fully saturated rings. The molecule has 4 aromatic rings. The van der Waals surface area contributed by atoms with Crippen molar-refractivity contribution in [1.82, 2.24) is 19.8 Å². The van der Waals surface area contributed by atoms with Gasteiger partial charge < -0.3 is 24.1 Å². The number of nitrogens with one attached hydrogen (secondary N) is 2. The molecule has 3 heterocycles. The zero-order chi connectivity index (χ0) is 39.6. The smallest absolute Gasteiger partial charge is 0.416 e. The van der Waals surface area contributed by atoms with Crippen molar-refractivity contribution in [2.75, 3.05) is 38.4 Å². The molecule has 0 radical (unpaired) electrons. The van der Waals surface area contributed by atoms with Crippen LogP contribution in [-0.2, 0) is 20.4 Å². The highest BCUT2D eigenvalue weighted by molar-refractivity contribution is 6.23. The summed E-state index contributed by atoms with van der Waals surface area (Å²) >= 11 is 0. The molecule has 7 rings (SSSR count). The molecule has 1 unspecified atom stereocenters. The number of hydrogen-bond acceptors (Lipinski definition) is 8. The monoisotopic (exact) mass is 777 g/mol. The lowest BCUT2D eigenvalue weighted by Gasteiger charge is -2.30. The topological polar surface area (TPSA) is 141 Å². The van der Waals surface area contributed by atoms with E-state index in [4.69, 9.17) is 14.2 Å². The Balaban J connectivity index is 0.843. The van der Waals surface area contributed by atoms with Crippen LogP contribution in [0.4, 0.5) is 23.5 Å². The van der Waals surface area contributed by atoms with Crippen molar-refractivity contribution in [3.63, 3.8) is 0 Å². The standard InChI is InChI=1S/C40H39F4N5O7/c1-23-5-13-34(36(51)45-23)49-37(52)30-12-11-29(21-31(30)38(49)53)56-18-17-54-15-16-55-22-24-6-9-28(10-7-24)48-33-14-8-27(41)20-32(33)46-39(48)47-35(50)25-3-2-4-26(19-25)40(42,43)44/h2-4,8,11-12,14,19-21,24,28,34H,1,5-7,9-10,13,15-18,22H2,(H,45,51)(H,46,47,50). The number of allylic oxidation sites excluding steroid dienone is 1. The highest BCUT2D eigenvalue weighted by Gasteiger charge is 2.44. The molecular weight excluding hydrogens is 738 g/mol. The fraction of sp³-hybridized carbons (Fsp3) is 0.375. The highest BCUT2D eigenvalue weighted by Crippen LogP contribution is 2.38. The van der Waals surface area contributed by atoms with Gasteiger partial charge in [0.2, 0.25) is 11.9 Å². The largest absolute Gasteiger partial charge is 0.491 e. The molecule has 1 atom stereocenters. The molecule has 12 nitrogen and oxygen atoms in total. The fourth-order valence-corrected chi connectivity index (χ4v) is 7.42. The molecule has 4 amide bonds. The number of carbonyl (C=O) groups is 4. The fourth-order valence-electron chi connectivity index (χ4n) is 7.42. The second-order valence-corrected chi connectivity index (χ2v) is 14.0. The molecule has 1 saturated heterocycles. The number of halogens is 4. The first-order valence-corrected chi connectivity index (χ1v) is 18.3. The number of carbonyl (C=O) groups excluding carboxylic acids is 4. The number of ether oxygens (including phenoxy) is 3. The van der Waals surface area contributed by atoms with Crippen LogP contribution in [0.15, 0.2) is 72.9 Å². The van der Waals surface area contributed by atoms with E-state index in [1.54, 1.807) is 12.1 Å². The molecule has 2 aliphatic heterocycles. The molecular formula is C40H39F4N5O7. The highest BCUT2D eigenvalue weighted by atomic mass is 19.4. The Hall–Kier alpha value is -5.61. The first-order chi connectivity index (χ1) is 26.9. The van der Waals surface area contributed by atoms with E-state index >= 15 is 0 Å². The Morgan fingerprint density at radius 3 is 2.41 bits per heavy atom. The molecule has 0 bridgehead atoms. The number of imidazole rings is 1. The zero-order valence-corrected chi connectivity index (χ0v) is 30.2. The number of alkyl halides is 3. The molecule has 56 heavy (non-hydrogen) atoms. The van der Waals surface area contributed by atoms with E-state index < -0.39 is 47.2 Å². The lowest BCUT2D eigenvalue weighted by molar-refractivity contribution is -0.137. The Kier molecular flexibility index (Phi) is 11.2. The predicted molar refractivity (Wildman–Crippen MR) is 194 cm³/mol. The second-order valence-electron chi connectivity index (χ2n) is 14.0. The maximum atomic E-state index is 14.1. The van der Waals surface area contributed by atoms with Gasteiger partial charge in [0.1, 0.15) is 24.2 Å². The molecule has 1 aliphatic carbocycles. The van der Waals surface area contributed by atoms with Crippen LogP contribution in [0.25, 0.3) is 11.0 Å². The van der Waals surface area contributed by atoms with Crippen LogP contribution in [0, 0.1) is 11.7 Å². The molecule has 3 aliphatic rings. The minimum Gasteiger partial charge on any atom is -0.491 e. The van der Waals surface area contributed by atoms with Gasteiger partial charge in [-0.2, -0.15) is 13.2 Å². The van der Waals surface area contributed by atoms with Crippen molar-refractivity contribution in [3.05, 3.63) is 101 Å². The molecule has 16 heteroatoms. The molecule has 0 spiro atoms. The average molecular weight is 778 g/mol. The summed E-state index contributed by atoms with van der Waals surface area (Å²) in [6.07, 6.45) is -0.782. The van der Waals surface area contributed by atoms with Crippen LogP contribution in [0.1, 0.15) is 81.2 Å². The third-order valence-corrected chi connectivity index (χ3v) is 10.3. The van der Waals surface area contributed by atoms with Crippen LogP contribution >= 0.6 is 0 Å². The molecule has 3 aromatic carbocycles. The number of amides is 4. The van der Waals surface area contributed by atoms with E-state index in [1.165, 1.54) is 36.4 Å². The van der Waals surface area contributed by atoms with Crippen LogP contribution in [0.5, 0.6) is 5.75 Å². The number of rotatable bonds is 13. The van der Waals surface area contributed by atoms with E-state index in [1.807, 2.05) is 4.57 Å². The van der Waals surface area contributed by atoms with Crippen molar-refractivity contribution in [2.45, 2.75) is 56.8 Å². The summed E-state index contributed by atoms with van der Waals surface area (Å²) in [4.78, 5) is 57.0. The van der Waals surface area contributed by atoms with E-state index in [9.17, 15) is 36.7 Å². The maximum Gasteiger partial charge on any atom is 0.416 e. The quantitative estimate of drug-likeness (QED) is 0.0871. The van der Waals surface area contributed by atoms with Crippen molar-refractivity contribution in [2.24, 2.45) is 5.92 Å². The second kappa shape index (κ2) is 16.2. The van der Waals surface area contributed by atoms with Gasteiger partial charge in [0.05, 0.1) is 47.5 Å². The summed E-state index contributed by atoms with van der Waals surface area (Å²) in [6.45, 7) is 5.38. The third kappa shape index (κ3) is 8.31. The minimum absolute atomic E-state index is 0.0932. The number of fused-ring (bicyclic) bond motifs is 2. The molecule has 1 aromatic heterocycles. The summed E-state index contributed by atoms with van der Waals surface area (Å²) in [5, 5.41) is 5.27. The van der Waals surface area contributed by atoms with Gasteiger partial charge in [0.25, 0.3) is 17.7 Å². The zero-order valence-electron chi connectivity index (χ0n) is 30.2. The number of benzene rings is 3. The number of imide groups is 1. The van der Waals surface area contributed by atoms with E-state index in [0.717, 1.165) is 29.9 Å². The molecule has 2 N–H and O–H groups in total. The van der Waals surface area contributed by atoms with Gasteiger partial charge in [0.15, 0.2) is 0 Å². The first kappa shape index (κ1) is 38.7. The number of aromatic nitrogens is 2. The molecule has 1 saturated carbocycles.